The van der Waals surface area contributed by atoms with Crippen LogP contribution in [0.1, 0.15) is 51.8 Å². The lowest BCUT2D eigenvalue weighted by Gasteiger charge is -2.34. The van der Waals surface area contributed by atoms with Gasteiger partial charge < -0.3 is 30.5 Å². The summed E-state index contributed by atoms with van der Waals surface area (Å²) in [5.74, 6) is -0.991. The van der Waals surface area contributed by atoms with E-state index in [1.54, 1.807) is 58.9 Å². The molecule has 2 aromatic carbocycles. The van der Waals surface area contributed by atoms with Crippen LogP contribution >= 0.6 is 0 Å². The van der Waals surface area contributed by atoms with Gasteiger partial charge in [0, 0.05) is 19.0 Å². The van der Waals surface area contributed by atoms with E-state index in [0.29, 0.717) is 11.1 Å². The summed E-state index contributed by atoms with van der Waals surface area (Å²) < 4.78 is 5.38. The standard InChI is InChI=1S/C28H37N3O6/c1-7-15-31(24(25(34)29-18(2)3)20-9-8-10-22(33)17-20)26(35)23(30-27(36)37-28(4,5)6)16-19-11-13-21(32)14-12-19/h7-14,17-18,23-24,32-33H,1,15-16H2,2-6H3,(H,29,34)(H,30,36). The number of rotatable bonds is 10. The molecule has 0 aliphatic heterocycles. The van der Waals surface area contributed by atoms with Gasteiger partial charge in [0.2, 0.25) is 11.8 Å². The van der Waals surface area contributed by atoms with Crippen LogP contribution in [0.3, 0.4) is 0 Å². The zero-order valence-electron chi connectivity index (χ0n) is 22.0. The van der Waals surface area contributed by atoms with E-state index in [-0.39, 0.29) is 30.5 Å². The highest BCUT2D eigenvalue weighted by molar-refractivity contribution is 5.92. The summed E-state index contributed by atoms with van der Waals surface area (Å²) in [6, 6.07) is 9.95. The van der Waals surface area contributed by atoms with Crippen molar-refractivity contribution in [1.29, 1.82) is 0 Å². The van der Waals surface area contributed by atoms with Gasteiger partial charge in [-0.1, -0.05) is 30.3 Å². The molecule has 0 fully saturated rings. The first kappa shape index (κ1) is 29.2. The molecule has 4 N–H and O–H groups in total. The Labute approximate surface area is 218 Å². The minimum atomic E-state index is -1.11. The molecule has 0 aromatic heterocycles. The van der Waals surface area contributed by atoms with Crippen LogP contribution in [0, 0.1) is 0 Å². The number of phenolic OH excluding ortho intramolecular Hbond substituents is 2. The summed E-state index contributed by atoms with van der Waals surface area (Å²) in [5.41, 5.74) is 0.276. The van der Waals surface area contributed by atoms with E-state index in [9.17, 15) is 24.6 Å². The van der Waals surface area contributed by atoms with Crippen LogP contribution in [0.25, 0.3) is 0 Å². The van der Waals surface area contributed by atoms with Crippen molar-refractivity contribution >= 4 is 17.9 Å². The van der Waals surface area contributed by atoms with Gasteiger partial charge in [-0.3, -0.25) is 9.59 Å². The van der Waals surface area contributed by atoms with Crippen LogP contribution in [0.2, 0.25) is 0 Å². The van der Waals surface area contributed by atoms with Crippen LogP contribution in [0.15, 0.2) is 61.2 Å². The molecule has 0 aliphatic carbocycles. The lowest BCUT2D eigenvalue weighted by Crippen LogP contribution is -2.54. The molecule has 9 heteroatoms. The molecule has 0 heterocycles. The summed E-state index contributed by atoms with van der Waals surface area (Å²) >= 11 is 0. The number of aromatic hydroxyl groups is 2. The number of nitrogens with one attached hydrogen (secondary N) is 2. The van der Waals surface area contributed by atoms with Crippen molar-refractivity contribution in [2.24, 2.45) is 0 Å². The van der Waals surface area contributed by atoms with E-state index in [4.69, 9.17) is 4.74 Å². The highest BCUT2D eigenvalue weighted by Gasteiger charge is 2.36. The summed E-state index contributed by atoms with van der Waals surface area (Å²) in [6.07, 6.45) is 0.773. The fourth-order valence-electron chi connectivity index (χ4n) is 3.71. The molecule has 9 nitrogen and oxygen atoms in total. The van der Waals surface area contributed by atoms with E-state index < -0.39 is 35.6 Å². The average molecular weight is 512 g/mol. The van der Waals surface area contributed by atoms with E-state index in [1.165, 1.54) is 35.2 Å². The lowest BCUT2D eigenvalue weighted by atomic mass is 10.00. The fraction of sp³-hybridized carbons (Fsp3) is 0.393. The maximum absolute atomic E-state index is 14.0. The normalized spacial score (nSPS) is 12.8. The number of carbonyl (C=O) groups excluding carboxylic acids is 3. The number of amides is 3. The summed E-state index contributed by atoms with van der Waals surface area (Å²) in [6.45, 7) is 12.5. The maximum atomic E-state index is 14.0. The van der Waals surface area contributed by atoms with Gasteiger partial charge in [0.25, 0.3) is 0 Å². The molecule has 0 radical (unpaired) electrons. The highest BCUT2D eigenvalue weighted by atomic mass is 16.6. The molecule has 0 bridgehead atoms. The molecule has 0 saturated heterocycles. The molecule has 2 aromatic rings. The summed E-state index contributed by atoms with van der Waals surface area (Å²) in [5, 5.41) is 25.2. The first-order valence-electron chi connectivity index (χ1n) is 12.1. The van der Waals surface area contributed by atoms with Crippen molar-refractivity contribution < 1.29 is 29.3 Å². The van der Waals surface area contributed by atoms with E-state index in [2.05, 4.69) is 17.2 Å². The summed E-state index contributed by atoms with van der Waals surface area (Å²) in [4.78, 5) is 41.4. The summed E-state index contributed by atoms with van der Waals surface area (Å²) in [7, 11) is 0. The minimum absolute atomic E-state index is 0.00719. The predicted octanol–water partition coefficient (Wildman–Crippen LogP) is 3.81. The molecule has 3 amide bonds. The van der Waals surface area contributed by atoms with Crippen molar-refractivity contribution in [2.45, 2.75) is 64.8 Å². The number of alkyl carbamates (subject to hydrolysis) is 1. The van der Waals surface area contributed by atoms with Gasteiger partial charge in [0.15, 0.2) is 0 Å². The van der Waals surface area contributed by atoms with Crippen molar-refractivity contribution in [2.75, 3.05) is 6.54 Å². The maximum Gasteiger partial charge on any atom is 0.408 e. The first-order chi connectivity index (χ1) is 17.3. The molecule has 2 atom stereocenters. The first-order valence-corrected chi connectivity index (χ1v) is 12.1. The second-order valence-corrected chi connectivity index (χ2v) is 10.0. The zero-order chi connectivity index (χ0) is 27.8. The third-order valence-corrected chi connectivity index (χ3v) is 5.15. The number of hydrogen-bond donors (Lipinski definition) is 4. The molecule has 0 saturated carbocycles. The van der Waals surface area contributed by atoms with Crippen molar-refractivity contribution in [3.05, 3.63) is 72.3 Å². The number of carbonyl (C=O) groups is 3. The van der Waals surface area contributed by atoms with Crippen molar-refractivity contribution in [3.63, 3.8) is 0 Å². The van der Waals surface area contributed by atoms with Gasteiger partial charge in [0.1, 0.15) is 29.2 Å². The molecule has 2 unspecified atom stereocenters. The van der Waals surface area contributed by atoms with E-state index >= 15 is 0 Å². The Kier molecular flexibility index (Phi) is 10.1. The molecule has 200 valence electrons. The number of nitrogens with zero attached hydrogens (tertiary/aromatic N) is 1. The number of ether oxygens (including phenoxy) is 1. The Morgan fingerprint density at radius 2 is 1.68 bits per heavy atom. The van der Waals surface area contributed by atoms with Crippen LogP contribution in [0.4, 0.5) is 4.79 Å². The van der Waals surface area contributed by atoms with E-state index in [0.717, 1.165) is 0 Å². The smallest absolute Gasteiger partial charge is 0.408 e. The van der Waals surface area contributed by atoms with Crippen LogP contribution in [-0.4, -0.2) is 57.3 Å². The molecule has 0 aliphatic rings. The Morgan fingerprint density at radius 3 is 2.22 bits per heavy atom. The Hall–Kier alpha value is -4.01. The minimum Gasteiger partial charge on any atom is -0.508 e. The third kappa shape index (κ3) is 9.18. The topological polar surface area (TPSA) is 128 Å². The largest absolute Gasteiger partial charge is 0.508 e. The number of hydrogen-bond acceptors (Lipinski definition) is 6. The molecule has 2 rings (SSSR count). The Bertz CT molecular complexity index is 1090. The SMILES string of the molecule is C=CCN(C(=O)C(Cc1ccc(O)cc1)NC(=O)OC(C)(C)C)C(C(=O)NC(C)C)c1cccc(O)c1. The van der Waals surface area contributed by atoms with Gasteiger partial charge in [-0.15, -0.1) is 6.58 Å². The zero-order valence-corrected chi connectivity index (χ0v) is 22.0. The average Bonchev–Trinajstić information content (AvgIpc) is 2.77. The van der Waals surface area contributed by atoms with Gasteiger partial charge in [0.05, 0.1) is 0 Å². The predicted molar refractivity (Wildman–Crippen MR) is 141 cm³/mol. The fourth-order valence-corrected chi connectivity index (χ4v) is 3.71. The van der Waals surface area contributed by atoms with Crippen molar-refractivity contribution in [3.8, 4) is 11.5 Å². The molecular formula is C28H37N3O6. The van der Waals surface area contributed by atoms with Gasteiger partial charge in [-0.2, -0.15) is 0 Å². The van der Waals surface area contributed by atoms with Gasteiger partial charge in [-0.25, -0.2) is 4.79 Å². The highest BCUT2D eigenvalue weighted by Crippen LogP contribution is 2.26. The van der Waals surface area contributed by atoms with Gasteiger partial charge in [-0.05, 0) is 70.0 Å². The Balaban J connectivity index is 2.52. The van der Waals surface area contributed by atoms with Crippen LogP contribution in [-0.2, 0) is 20.7 Å². The van der Waals surface area contributed by atoms with Crippen LogP contribution < -0.4 is 10.6 Å². The molecule has 0 spiro atoms. The van der Waals surface area contributed by atoms with E-state index in [1.807, 2.05) is 0 Å². The number of phenols is 2. The second kappa shape index (κ2) is 12.8. The second-order valence-electron chi connectivity index (χ2n) is 10.0. The quantitative estimate of drug-likeness (QED) is 0.359. The Morgan fingerprint density at radius 1 is 1.03 bits per heavy atom. The monoisotopic (exact) mass is 511 g/mol. The number of benzene rings is 2. The molecular weight excluding hydrogens is 474 g/mol. The molecule has 37 heavy (non-hydrogen) atoms. The van der Waals surface area contributed by atoms with Crippen LogP contribution in [0.5, 0.6) is 11.5 Å². The lowest BCUT2D eigenvalue weighted by molar-refractivity contribution is -0.142. The third-order valence-electron chi connectivity index (χ3n) is 5.15. The van der Waals surface area contributed by atoms with Gasteiger partial charge >= 0.3 is 6.09 Å². The van der Waals surface area contributed by atoms with Crippen molar-refractivity contribution in [1.82, 2.24) is 15.5 Å².